The molecule has 0 saturated heterocycles. The van der Waals surface area contributed by atoms with Crippen LogP contribution in [0.3, 0.4) is 0 Å². The molecule has 17 heavy (non-hydrogen) atoms. The fraction of sp³-hybridized carbons (Fsp3) is 0.462. The smallest absolute Gasteiger partial charge is 0.151 e. The molecule has 0 amide bonds. The van der Waals surface area contributed by atoms with Crippen LogP contribution in [-0.2, 0) is 21.1 Å². The van der Waals surface area contributed by atoms with E-state index in [-0.39, 0.29) is 11.8 Å². The Morgan fingerprint density at radius 1 is 1.24 bits per heavy atom. The van der Waals surface area contributed by atoms with Crippen LogP contribution in [0, 0.1) is 5.92 Å². The summed E-state index contributed by atoms with van der Waals surface area (Å²) >= 11 is 0. The first-order valence-corrected chi connectivity index (χ1v) is 7.67. The number of aldehydes is 1. The van der Waals surface area contributed by atoms with Gasteiger partial charge in [-0.05, 0) is 17.5 Å². The van der Waals surface area contributed by atoms with Crippen LogP contribution in [0.25, 0.3) is 0 Å². The van der Waals surface area contributed by atoms with Crippen LogP contribution in [0.15, 0.2) is 24.3 Å². The normalized spacial score (nSPS) is 27.8. The van der Waals surface area contributed by atoms with Gasteiger partial charge in [-0.15, -0.1) is 0 Å². The standard InChI is InChI=1S/C13H16O3S/c1-3-9-4-6-10(7-5-9)12-11(8-14)13(12)17(2,15)16/h4-8,11-13H,3H2,1-2H3/t11-,12+,13-/m1/s1. The second kappa shape index (κ2) is 4.26. The van der Waals surface area contributed by atoms with Crippen LogP contribution in [0.2, 0.25) is 0 Å². The molecule has 0 unspecified atom stereocenters. The van der Waals surface area contributed by atoms with Crippen LogP contribution >= 0.6 is 0 Å². The fourth-order valence-corrected chi connectivity index (χ4v) is 3.99. The number of rotatable bonds is 4. The summed E-state index contributed by atoms with van der Waals surface area (Å²) in [5.74, 6) is -0.508. The maximum absolute atomic E-state index is 11.5. The van der Waals surface area contributed by atoms with Crippen LogP contribution in [0.1, 0.15) is 24.0 Å². The molecule has 0 N–H and O–H groups in total. The first-order chi connectivity index (χ1) is 7.99. The van der Waals surface area contributed by atoms with Gasteiger partial charge < -0.3 is 4.79 Å². The van der Waals surface area contributed by atoms with Gasteiger partial charge in [0.2, 0.25) is 0 Å². The summed E-state index contributed by atoms with van der Waals surface area (Å²) in [6.45, 7) is 2.07. The Bertz CT molecular complexity index is 516. The Hall–Kier alpha value is -1.16. The summed E-state index contributed by atoms with van der Waals surface area (Å²) in [5, 5.41) is -0.521. The lowest BCUT2D eigenvalue weighted by atomic mass is 10.1. The molecule has 4 heteroatoms. The molecular formula is C13H16O3S. The van der Waals surface area contributed by atoms with Crippen molar-refractivity contribution in [3.8, 4) is 0 Å². The van der Waals surface area contributed by atoms with E-state index in [9.17, 15) is 13.2 Å². The number of carbonyl (C=O) groups is 1. The van der Waals surface area contributed by atoms with Gasteiger partial charge in [-0.3, -0.25) is 0 Å². The van der Waals surface area contributed by atoms with Crippen molar-refractivity contribution in [1.29, 1.82) is 0 Å². The maximum Gasteiger partial charge on any atom is 0.151 e. The Balaban J connectivity index is 2.26. The topological polar surface area (TPSA) is 51.2 Å². The third kappa shape index (κ3) is 2.27. The van der Waals surface area contributed by atoms with E-state index < -0.39 is 15.1 Å². The third-order valence-electron chi connectivity index (χ3n) is 3.43. The Morgan fingerprint density at radius 3 is 2.18 bits per heavy atom. The highest BCUT2D eigenvalue weighted by Crippen LogP contribution is 2.50. The molecule has 1 saturated carbocycles. The fourth-order valence-electron chi connectivity index (χ4n) is 2.41. The van der Waals surface area contributed by atoms with E-state index in [2.05, 4.69) is 6.92 Å². The molecular weight excluding hydrogens is 236 g/mol. The SMILES string of the molecule is CCc1ccc([C@H]2[C@@H](C=O)[C@H]2S(C)(=O)=O)cc1. The number of hydrogen-bond donors (Lipinski definition) is 0. The lowest BCUT2D eigenvalue weighted by Crippen LogP contribution is -2.07. The van der Waals surface area contributed by atoms with E-state index >= 15 is 0 Å². The van der Waals surface area contributed by atoms with Crippen molar-refractivity contribution >= 4 is 16.1 Å². The summed E-state index contributed by atoms with van der Waals surface area (Å²) in [5.41, 5.74) is 2.17. The van der Waals surface area contributed by atoms with E-state index in [0.717, 1.165) is 18.3 Å². The molecule has 1 aliphatic rings. The van der Waals surface area contributed by atoms with E-state index in [0.29, 0.717) is 0 Å². The van der Waals surface area contributed by atoms with E-state index in [1.807, 2.05) is 24.3 Å². The zero-order chi connectivity index (χ0) is 12.6. The zero-order valence-corrected chi connectivity index (χ0v) is 10.8. The van der Waals surface area contributed by atoms with Crippen LogP contribution in [0.4, 0.5) is 0 Å². The number of aryl methyl sites for hydroxylation is 1. The number of benzene rings is 1. The summed E-state index contributed by atoms with van der Waals surface area (Å²) in [6, 6.07) is 7.86. The molecule has 2 rings (SSSR count). The molecule has 1 aromatic carbocycles. The van der Waals surface area contributed by atoms with E-state index in [1.165, 1.54) is 11.8 Å². The highest BCUT2D eigenvalue weighted by Gasteiger charge is 2.57. The zero-order valence-electron chi connectivity index (χ0n) is 9.96. The maximum atomic E-state index is 11.5. The molecule has 92 valence electrons. The van der Waals surface area contributed by atoms with Crippen molar-refractivity contribution in [3.05, 3.63) is 35.4 Å². The van der Waals surface area contributed by atoms with Crippen LogP contribution < -0.4 is 0 Å². The average molecular weight is 252 g/mol. The second-order valence-corrected chi connectivity index (χ2v) is 6.83. The van der Waals surface area contributed by atoms with Gasteiger partial charge in [0, 0.05) is 18.1 Å². The first kappa shape index (κ1) is 12.3. The van der Waals surface area contributed by atoms with Crippen molar-refractivity contribution in [2.75, 3.05) is 6.26 Å². The number of carbonyl (C=O) groups excluding carboxylic acids is 1. The highest BCUT2D eigenvalue weighted by molar-refractivity contribution is 7.91. The van der Waals surface area contributed by atoms with Crippen LogP contribution in [0.5, 0.6) is 0 Å². The van der Waals surface area contributed by atoms with Gasteiger partial charge in [0.15, 0.2) is 9.84 Å². The predicted molar refractivity (Wildman–Crippen MR) is 66.7 cm³/mol. The second-order valence-electron chi connectivity index (χ2n) is 4.63. The minimum Gasteiger partial charge on any atom is -0.303 e. The van der Waals surface area contributed by atoms with Crippen molar-refractivity contribution < 1.29 is 13.2 Å². The summed E-state index contributed by atoms with van der Waals surface area (Å²) in [7, 11) is -3.14. The Kier molecular flexibility index (Phi) is 3.08. The molecule has 3 nitrogen and oxygen atoms in total. The van der Waals surface area contributed by atoms with Gasteiger partial charge in [-0.1, -0.05) is 31.2 Å². The highest BCUT2D eigenvalue weighted by atomic mass is 32.2. The average Bonchev–Trinajstić information content (AvgIpc) is 3.03. The molecule has 0 heterocycles. The Labute approximate surface area is 102 Å². The van der Waals surface area contributed by atoms with E-state index in [4.69, 9.17) is 0 Å². The van der Waals surface area contributed by atoms with Gasteiger partial charge in [0.05, 0.1) is 5.25 Å². The third-order valence-corrected chi connectivity index (χ3v) is 5.03. The summed E-state index contributed by atoms with van der Waals surface area (Å²) in [6.07, 6.45) is 2.93. The molecule has 0 spiro atoms. The monoisotopic (exact) mass is 252 g/mol. The molecule has 1 aromatic rings. The molecule has 0 bridgehead atoms. The first-order valence-electron chi connectivity index (χ1n) is 5.72. The molecule has 1 fully saturated rings. The predicted octanol–water partition coefficient (Wildman–Crippen LogP) is 1.57. The molecule has 0 radical (unpaired) electrons. The van der Waals surface area contributed by atoms with E-state index in [1.54, 1.807) is 0 Å². The molecule has 0 aliphatic heterocycles. The minimum absolute atomic E-state index is 0.145. The van der Waals surface area contributed by atoms with Gasteiger partial charge in [-0.25, -0.2) is 8.42 Å². The number of hydrogen-bond acceptors (Lipinski definition) is 3. The molecule has 3 atom stereocenters. The minimum atomic E-state index is -3.14. The number of sulfone groups is 1. The van der Waals surface area contributed by atoms with Gasteiger partial charge >= 0.3 is 0 Å². The molecule has 0 aromatic heterocycles. The van der Waals surface area contributed by atoms with Crippen molar-refractivity contribution in [2.24, 2.45) is 5.92 Å². The van der Waals surface area contributed by atoms with Gasteiger partial charge in [-0.2, -0.15) is 0 Å². The van der Waals surface area contributed by atoms with Gasteiger partial charge in [0.25, 0.3) is 0 Å². The Morgan fingerprint density at radius 2 is 1.82 bits per heavy atom. The quantitative estimate of drug-likeness (QED) is 0.764. The lowest BCUT2D eigenvalue weighted by molar-refractivity contribution is -0.108. The lowest BCUT2D eigenvalue weighted by Gasteiger charge is -2.01. The van der Waals surface area contributed by atoms with Crippen molar-refractivity contribution in [1.82, 2.24) is 0 Å². The largest absolute Gasteiger partial charge is 0.303 e. The van der Waals surface area contributed by atoms with Crippen LogP contribution in [-0.4, -0.2) is 26.2 Å². The van der Waals surface area contributed by atoms with Crippen molar-refractivity contribution in [3.63, 3.8) is 0 Å². The van der Waals surface area contributed by atoms with Crippen molar-refractivity contribution in [2.45, 2.75) is 24.5 Å². The molecule has 1 aliphatic carbocycles. The summed E-state index contributed by atoms with van der Waals surface area (Å²) in [4.78, 5) is 10.9. The summed E-state index contributed by atoms with van der Waals surface area (Å²) < 4.78 is 23.0. The van der Waals surface area contributed by atoms with Gasteiger partial charge in [0.1, 0.15) is 6.29 Å².